The van der Waals surface area contributed by atoms with Crippen LogP contribution in [0.15, 0.2) is 10.5 Å². The Labute approximate surface area is 85.0 Å². The van der Waals surface area contributed by atoms with Gasteiger partial charge in [0, 0.05) is 0 Å². The number of hydrogen-bond acceptors (Lipinski definition) is 3. The quantitative estimate of drug-likeness (QED) is 0.711. The maximum Gasteiger partial charge on any atom is 0.177 e. The van der Waals surface area contributed by atoms with Crippen LogP contribution in [0.4, 0.5) is 5.69 Å². The summed E-state index contributed by atoms with van der Waals surface area (Å²) in [6.45, 7) is 3.12. The maximum atomic E-state index is 5.82. The Morgan fingerprint density at radius 1 is 1.38 bits per heavy atom. The van der Waals surface area contributed by atoms with Gasteiger partial charge in [0.25, 0.3) is 0 Å². The van der Waals surface area contributed by atoms with Crippen LogP contribution in [-0.4, -0.2) is 13.2 Å². The Bertz CT molecular complexity index is 352. The highest BCUT2D eigenvalue weighted by Crippen LogP contribution is 2.42. The van der Waals surface area contributed by atoms with Crippen LogP contribution in [0.1, 0.15) is 5.56 Å². The SMILES string of the molecule is Cc1cc2c(c(Br)c1N)OCCO2. The van der Waals surface area contributed by atoms with Gasteiger partial charge in [-0.25, -0.2) is 0 Å². The van der Waals surface area contributed by atoms with Crippen LogP contribution in [0.3, 0.4) is 0 Å². The molecule has 0 aliphatic carbocycles. The molecule has 4 heteroatoms. The molecule has 0 radical (unpaired) electrons. The first-order valence-corrected chi connectivity index (χ1v) is 4.83. The number of aryl methyl sites for hydroxylation is 1. The van der Waals surface area contributed by atoms with Crippen LogP contribution in [0.25, 0.3) is 0 Å². The Morgan fingerprint density at radius 3 is 2.85 bits per heavy atom. The summed E-state index contributed by atoms with van der Waals surface area (Å²) in [7, 11) is 0. The van der Waals surface area contributed by atoms with Crippen LogP contribution >= 0.6 is 15.9 Å². The fourth-order valence-corrected chi connectivity index (χ4v) is 1.90. The van der Waals surface area contributed by atoms with E-state index in [1.807, 2.05) is 13.0 Å². The monoisotopic (exact) mass is 243 g/mol. The molecule has 2 N–H and O–H groups in total. The molecule has 1 heterocycles. The summed E-state index contributed by atoms with van der Waals surface area (Å²) in [4.78, 5) is 0. The summed E-state index contributed by atoms with van der Waals surface area (Å²) in [5.74, 6) is 1.49. The van der Waals surface area contributed by atoms with Gasteiger partial charge in [0.15, 0.2) is 11.5 Å². The van der Waals surface area contributed by atoms with E-state index in [-0.39, 0.29) is 0 Å². The van der Waals surface area contributed by atoms with Crippen molar-refractivity contribution >= 4 is 21.6 Å². The summed E-state index contributed by atoms with van der Waals surface area (Å²) in [6.07, 6.45) is 0. The zero-order valence-electron chi connectivity index (χ0n) is 7.26. The summed E-state index contributed by atoms with van der Waals surface area (Å²) < 4.78 is 11.7. The van der Waals surface area contributed by atoms with Crippen LogP contribution < -0.4 is 15.2 Å². The summed E-state index contributed by atoms with van der Waals surface area (Å²) in [5.41, 5.74) is 7.53. The van der Waals surface area contributed by atoms with Crippen LogP contribution in [-0.2, 0) is 0 Å². The van der Waals surface area contributed by atoms with E-state index < -0.39 is 0 Å². The zero-order chi connectivity index (χ0) is 9.42. The van der Waals surface area contributed by atoms with Gasteiger partial charge in [0.05, 0.1) is 10.2 Å². The third-order valence-electron chi connectivity index (χ3n) is 2.02. The highest BCUT2D eigenvalue weighted by Gasteiger charge is 2.18. The van der Waals surface area contributed by atoms with Crippen molar-refractivity contribution in [3.05, 3.63) is 16.1 Å². The van der Waals surface area contributed by atoms with E-state index in [9.17, 15) is 0 Å². The second kappa shape index (κ2) is 3.10. The number of fused-ring (bicyclic) bond motifs is 1. The smallest absolute Gasteiger partial charge is 0.177 e. The third kappa shape index (κ3) is 1.35. The molecule has 70 valence electrons. The number of hydrogen-bond donors (Lipinski definition) is 1. The highest BCUT2D eigenvalue weighted by molar-refractivity contribution is 9.10. The van der Waals surface area contributed by atoms with Crippen molar-refractivity contribution in [3.63, 3.8) is 0 Å². The second-order valence-corrected chi connectivity index (χ2v) is 3.74. The van der Waals surface area contributed by atoms with E-state index in [2.05, 4.69) is 15.9 Å². The lowest BCUT2D eigenvalue weighted by Crippen LogP contribution is -2.16. The average Bonchev–Trinajstić information content (AvgIpc) is 2.15. The van der Waals surface area contributed by atoms with Crippen molar-refractivity contribution in [1.29, 1.82) is 0 Å². The van der Waals surface area contributed by atoms with Gasteiger partial charge in [-0.05, 0) is 34.5 Å². The molecule has 0 bridgehead atoms. The van der Waals surface area contributed by atoms with E-state index >= 15 is 0 Å². The van der Waals surface area contributed by atoms with Gasteiger partial charge in [0.1, 0.15) is 13.2 Å². The molecule has 0 spiro atoms. The molecule has 0 aromatic heterocycles. The molecule has 1 aromatic carbocycles. The molecule has 1 aliphatic rings. The minimum absolute atomic E-state index is 0.577. The molecule has 13 heavy (non-hydrogen) atoms. The Hall–Kier alpha value is -0.900. The van der Waals surface area contributed by atoms with Gasteiger partial charge in [-0.3, -0.25) is 0 Å². The molecule has 0 unspecified atom stereocenters. The molecular weight excluding hydrogens is 234 g/mol. The normalized spacial score (nSPS) is 14.3. The van der Waals surface area contributed by atoms with Crippen molar-refractivity contribution in [1.82, 2.24) is 0 Å². The van der Waals surface area contributed by atoms with Crippen molar-refractivity contribution in [2.24, 2.45) is 0 Å². The number of benzene rings is 1. The van der Waals surface area contributed by atoms with Gasteiger partial charge in [0.2, 0.25) is 0 Å². The molecule has 0 amide bonds. The Balaban J connectivity index is 2.60. The second-order valence-electron chi connectivity index (χ2n) is 2.95. The first kappa shape index (κ1) is 8.69. The lowest BCUT2D eigenvalue weighted by Gasteiger charge is -2.21. The minimum atomic E-state index is 0.577. The van der Waals surface area contributed by atoms with Gasteiger partial charge in [-0.1, -0.05) is 0 Å². The van der Waals surface area contributed by atoms with Crippen molar-refractivity contribution in [2.75, 3.05) is 18.9 Å². The predicted octanol–water partition coefficient (Wildman–Crippen LogP) is 2.11. The van der Waals surface area contributed by atoms with E-state index in [0.29, 0.717) is 24.7 Å². The van der Waals surface area contributed by atoms with Gasteiger partial charge in [-0.15, -0.1) is 0 Å². The van der Waals surface area contributed by atoms with Gasteiger partial charge < -0.3 is 15.2 Å². The fourth-order valence-electron chi connectivity index (χ4n) is 1.28. The molecule has 0 fully saturated rings. The number of halogens is 1. The van der Waals surface area contributed by atoms with Crippen molar-refractivity contribution in [3.8, 4) is 11.5 Å². The van der Waals surface area contributed by atoms with Gasteiger partial charge in [-0.2, -0.15) is 0 Å². The van der Waals surface area contributed by atoms with Crippen molar-refractivity contribution in [2.45, 2.75) is 6.92 Å². The van der Waals surface area contributed by atoms with E-state index in [1.165, 1.54) is 0 Å². The highest BCUT2D eigenvalue weighted by atomic mass is 79.9. The molecule has 0 saturated heterocycles. The standard InChI is InChI=1S/C9H10BrNO2/c1-5-4-6-9(7(10)8(5)11)13-3-2-12-6/h4H,2-3,11H2,1H3. The van der Waals surface area contributed by atoms with Crippen molar-refractivity contribution < 1.29 is 9.47 Å². The van der Waals surface area contributed by atoms with E-state index in [1.54, 1.807) is 0 Å². The molecule has 2 rings (SSSR count). The number of nitrogen functional groups attached to an aromatic ring is 1. The Kier molecular flexibility index (Phi) is 2.07. The summed E-state index contributed by atoms with van der Waals surface area (Å²) >= 11 is 3.39. The molecule has 0 atom stereocenters. The lowest BCUT2D eigenvalue weighted by molar-refractivity contribution is 0.170. The number of anilines is 1. The van der Waals surface area contributed by atoms with Crippen LogP contribution in [0.2, 0.25) is 0 Å². The maximum absolute atomic E-state index is 5.82. The molecule has 3 nitrogen and oxygen atoms in total. The first-order chi connectivity index (χ1) is 6.20. The number of ether oxygens (including phenoxy) is 2. The topological polar surface area (TPSA) is 44.5 Å². The first-order valence-electron chi connectivity index (χ1n) is 4.04. The van der Waals surface area contributed by atoms with Gasteiger partial charge >= 0.3 is 0 Å². The number of rotatable bonds is 0. The summed E-state index contributed by atoms with van der Waals surface area (Å²) in [5, 5.41) is 0. The van der Waals surface area contributed by atoms with E-state index in [0.717, 1.165) is 15.8 Å². The molecule has 0 saturated carbocycles. The Morgan fingerprint density at radius 2 is 2.08 bits per heavy atom. The molecular formula is C9H10BrNO2. The molecule has 1 aliphatic heterocycles. The summed E-state index contributed by atoms with van der Waals surface area (Å²) in [6, 6.07) is 1.90. The lowest BCUT2D eigenvalue weighted by atomic mass is 10.2. The minimum Gasteiger partial charge on any atom is -0.486 e. The fraction of sp³-hybridized carbons (Fsp3) is 0.333. The average molecular weight is 244 g/mol. The van der Waals surface area contributed by atoms with E-state index in [4.69, 9.17) is 15.2 Å². The van der Waals surface area contributed by atoms with Crippen LogP contribution in [0, 0.1) is 6.92 Å². The number of nitrogens with two attached hydrogens (primary N) is 1. The predicted molar refractivity (Wildman–Crippen MR) is 54.3 cm³/mol. The zero-order valence-corrected chi connectivity index (χ0v) is 8.85. The largest absolute Gasteiger partial charge is 0.486 e. The molecule has 1 aromatic rings. The third-order valence-corrected chi connectivity index (χ3v) is 2.81. The van der Waals surface area contributed by atoms with Crippen LogP contribution in [0.5, 0.6) is 11.5 Å².